The molecule has 0 radical (unpaired) electrons. The van der Waals surface area contributed by atoms with E-state index in [0.29, 0.717) is 11.1 Å². The summed E-state index contributed by atoms with van der Waals surface area (Å²) in [5.74, 6) is -0.419. The van der Waals surface area contributed by atoms with Crippen LogP contribution in [0, 0.1) is 0 Å². The maximum Gasteiger partial charge on any atom is 0.461 e. The number of halogens is 5. The molecule has 0 aliphatic carbocycles. The standard InChI is InChI=1S/C16H15ClF4N2O2/c17-13-5-4-10(8-23-13)14(24)12(22)7-9-2-1-3-11(6-9)25-16(20,21)15(18)19/h1-6,8,12,14-15,24H,7,22H2. The van der Waals surface area contributed by atoms with E-state index in [2.05, 4.69) is 9.72 Å². The summed E-state index contributed by atoms with van der Waals surface area (Å²) in [7, 11) is 0. The van der Waals surface area contributed by atoms with E-state index < -0.39 is 30.4 Å². The molecular weight excluding hydrogens is 364 g/mol. The molecule has 0 saturated heterocycles. The van der Waals surface area contributed by atoms with Crippen LogP contribution in [0.15, 0.2) is 42.6 Å². The van der Waals surface area contributed by atoms with Gasteiger partial charge in [0.05, 0.1) is 6.10 Å². The third-order valence-corrected chi connectivity index (χ3v) is 3.60. The highest BCUT2D eigenvalue weighted by Gasteiger charge is 2.44. The van der Waals surface area contributed by atoms with Crippen LogP contribution in [0.1, 0.15) is 17.2 Å². The predicted molar refractivity (Wildman–Crippen MR) is 83.9 cm³/mol. The van der Waals surface area contributed by atoms with Crippen LogP contribution in [0.3, 0.4) is 0 Å². The number of rotatable bonds is 7. The summed E-state index contributed by atoms with van der Waals surface area (Å²) in [6.07, 6.45) is -8.14. The minimum Gasteiger partial charge on any atom is -0.428 e. The van der Waals surface area contributed by atoms with Gasteiger partial charge in [-0.05, 0) is 30.2 Å². The average molecular weight is 379 g/mol. The van der Waals surface area contributed by atoms with Gasteiger partial charge in [-0.2, -0.15) is 17.6 Å². The monoisotopic (exact) mass is 378 g/mol. The number of aliphatic hydroxyl groups excluding tert-OH is 1. The highest BCUT2D eigenvalue weighted by atomic mass is 35.5. The number of ether oxygens (including phenoxy) is 1. The zero-order valence-corrected chi connectivity index (χ0v) is 13.5. The Labute approximate surface area is 146 Å². The average Bonchev–Trinajstić information content (AvgIpc) is 2.54. The molecule has 2 atom stereocenters. The minimum absolute atomic E-state index is 0.0985. The number of nitrogens with two attached hydrogens (primary N) is 1. The largest absolute Gasteiger partial charge is 0.461 e. The maximum atomic E-state index is 13.0. The van der Waals surface area contributed by atoms with Gasteiger partial charge in [-0.25, -0.2) is 4.98 Å². The topological polar surface area (TPSA) is 68.4 Å². The molecule has 9 heteroatoms. The molecule has 0 fully saturated rings. The fourth-order valence-electron chi connectivity index (χ4n) is 2.13. The van der Waals surface area contributed by atoms with Crippen molar-refractivity contribution in [1.29, 1.82) is 0 Å². The second-order valence-corrected chi connectivity index (χ2v) is 5.73. The molecule has 0 aliphatic heterocycles. The molecule has 25 heavy (non-hydrogen) atoms. The van der Waals surface area contributed by atoms with E-state index in [1.54, 1.807) is 12.1 Å². The van der Waals surface area contributed by atoms with E-state index in [0.717, 1.165) is 6.07 Å². The lowest BCUT2D eigenvalue weighted by Crippen LogP contribution is -2.33. The van der Waals surface area contributed by atoms with Gasteiger partial charge in [-0.15, -0.1) is 0 Å². The number of alkyl halides is 4. The van der Waals surface area contributed by atoms with Crippen LogP contribution in [0.4, 0.5) is 17.6 Å². The smallest absolute Gasteiger partial charge is 0.428 e. The van der Waals surface area contributed by atoms with Gasteiger partial charge in [0.15, 0.2) is 0 Å². The molecule has 2 unspecified atom stereocenters. The fourth-order valence-corrected chi connectivity index (χ4v) is 2.24. The Kier molecular flexibility index (Phi) is 6.21. The van der Waals surface area contributed by atoms with Crippen molar-refractivity contribution >= 4 is 11.6 Å². The van der Waals surface area contributed by atoms with E-state index in [-0.39, 0.29) is 11.6 Å². The molecule has 1 aromatic heterocycles. The van der Waals surface area contributed by atoms with Crippen molar-refractivity contribution in [3.05, 3.63) is 58.9 Å². The van der Waals surface area contributed by atoms with Crippen molar-refractivity contribution in [2.45, 2.75) is 31.1 Å². The molecule has 136 valence electrons. The van der Waals surface area contributed by atoms with E-state index >= 15 is 0 Å². The highest BCUT2D eigenvalue weighted by molar-refractivity contribution is 6.29. The summed E-state index contributed by atoms with van der Waals surface area (Å²) in [6, 6.07) is 7.49. The number of nitrogens with zero attached hydrogens (tertiary/aromatic N) is 1. The number of hydrogen-bond donors (Lipinski definition) is 2. The SMILES string of the molecule is NC(Cc1cccc(OC(F)(F)C(F)F)c1)C(O)c1ccc(Cl)nc1. The Morgan fingerprint density at radius 1 is 1.24 bits per heavy atom. The first-order chi connectivity index (χ1) is 11.7. The molecule has 0 aliphatic rings. The molecule has 1 aromatic carbocycles. The minimum atomic E-state index is -4.59. The molecular formula is C16H15ClF4N2O2. The quantitative estimate of drug-likeness (QED) is 0.571. The predicted octanol–water partition coefficient (Wildman–Crippen LogP) is 3.58. The fraction of sp³-hybridized carbons (Fsp3) is 0.312. The first-order valence-corrected chi connectivity index (χ1v) is 7.56. The van der Waals surface area contributed by atoms with Gasteiger partial charge < -0.3 is 15.6 Å². The van der Waals surface area contributed by atoms with Crippen LogP contribution < -0.4 is 10.5 Å². The van der Waals surface area contributed by atoms with Crippen LogP contribution in [-0.4, -0.2) is 28.7 Å². The first-order valence-electron chi connectivity index (χ1n) is 7.18. The van der Waals surface area contributed by atoms with Crippen molar-refractivity contribution in [3.63, 3.8) is 0 Å². The van der Waals surface area contributed by atoms with E-state index in [9.17, 15) is 22.7 Å². The van der Waals surface area contributed by atoms with E-state index in [1.165, 1.54) is 24.4 Å². The van der Waals surface area contributed by atoms with Gasteiger partial charge in [-0.3, -0.25) is 0 Å². The van der Waals surface area contributed by atoms with Crippen molar-refractivity contribution in [2.24, 2.45) is 5.73 Å². The lowest BCUT2D eigenvalue weighted by Gasteiger charge is -2.20. The van der Waals surface area contributed by atoms with Crippen LogP contribution in [0.2, 0.25) is 5.15 Å². The summed E-state index contributed by atoms with van der Waals surface area (Å²) in [5, 5.41) is 10.5. The van der Waals surface area contributed by atoms with E-state index in [4.69, 9.17) is 17.3 Å². The van der Waals surface area contributed by atoms with Crippen molar-refractivity contribution in [3.8, 4) is 5.75 Å². The van der Waals surface area contributed by atoms with Gasteiger partial charge >= 0.3 is 12.5 Å². The van der Waals surface area contributed by atoms with Crippen LogP contribution in [0.5, 0.6) is 5.75 Å². The third kappa shape index (κ3) is 5.29. The zero-order valence-electron chi connectivity index (χ0n) is 12.8. The van der Waals surface area contributed by atoms with Crippen LogP contribution in [0.25, 0.3) is 0 Å². The molecule has 0 amide bonds. The lowest BCUT2D eigenvalue weighted by molar-refractivity contribution is -0.253. The Bertz CT molecular complexity index is 701. The Balaban J connectivity index is 2.07. The molecule has 0 saturated carbocycles. The highest BCUT2D eigenvalue weighted by Crippen LogP contribution is 2.28. The summed E-state index contributed by atoms with van der Waals surface area (Å²) in [5.41, 5.74) is 6.80. The van der Waals surface area contributed by atoms with Crippen LogP contribution in [-0.2, 0) is 6.42 Å². The molecule has 0 spiro atoms. The van der Waals surface area contributed by atoms with Gasteiger partial charge in [0.2, 0.25) is 0 Å². The molecule has 4 nitrogen and oxygen atoms in total. The second-order valence-electron chi connectivity index (χ2n) is 5.34. The van der Waals surface area contributed by atoms with Crippen molar-refractivity contribution < 1.29 is 27.4 Å². The summed E-state index contributed by atoms with van der Waals surface area (Å²) in [6.45, 7) is 0. The van der Waals surface area contributed by atoms with Crippen molar-refractivity contribution in [2.75, 3.05) is 0 Å². The van der Waals surface area contributed by atoms with Gasteiger partial charge in [-0.1, -0.05) is 29.8 Å². The van der Waals surface area contributed by atoms with Gasteiger partial charge in [0.1, 0.15) is 10.9 Å². The third-order valence-electron chi connectivity index (χ3n) is 3.38. The zero-order chi connectivity index (χ0) is 18.6. The number of pyridine rings is 1. The van der Waals surface area contributed by atoms with Gasteiger partial charge in [0, 0.05) is 17.8 Å². The normalized spacial score (nSPS) is 14.4. The lowest BCUT2D eigenvalue weighted by atomic mass is 9.98. The Morgan fingerprint density at radius 2 is 1.96 bits per heavy atom. The van der Waals surface area contributed by atoms with Gasteiger partial charge in [0.25, 0.3) is 0 Å². The molecule has 1 heterocycles. The second kappa shape index (κ2) is 7.99. The summed E-state index contributed by atoms with van der Waals surface area (Å²) in [4.78, 5) is 3.84. The molecule has 2 rings (SSSR count). The van der Waals surface area contributed by atoms with Crippen molar-refractivity contribution in [1.82, 2.24) is 4.98 Å². The first kappa shape index (κ1) is 19.4. The molecule has 0 bridgehead atoms. The van der Waals surface area contributed by atoms with Crippen LogP contribution >= 0.6 is 11.6 Å². The Morgan fingerprint density at radius 3 is 2.56 bits per heavy atom. The number of aliphatic hydroxyl groups is 1. The number of hydrogen-bond acceptors (Lipinski definition) is 4. The van der Waals surface area contributed by atoms with E-state index in [1.807, 2.05) is 0 Å². The Hall–Kier alpha value is -1.90. The number of benzene rings is 1. The number of aromatic nitrogens is 1. The molecule has 3 N–H and O–H groups in total. The maximum absolute atomic E-state index is 13.0. The molecule has 2 aromatic rings. The summed E-state index contributed by atoms with van der Waals surface area (Å²) < 4.78 is 54.3. The summed E-state index contributed by atoms with van der Waals surface area (Å²) >= 11 is 5.67.